The second-order valence-electron chi connectivity index (χ2n) is 17.4. The number of fused-ring (bicyclic) bond motifs is 2. The molecule has 69 heavy (non-hydrogen) atoms. The molecule has 1 aromatic carbocycles. The van der Waals surface area contributed by atoms with Crippen LogP contribution < -0.4 is 5.32 Å². The number of amides is 1. The molecule has 7 rings (SSSR count). The number of nitrogens with zero attached hydrogens (tertiary/aromatic N) is 6. The van der Waals surface area contributed by atoms with Crippen LogP contribution in [0.3, 0.4) is 0 Å². The first-order chi connectivity index (χ1) is 33.9. The van der Waals surface area contributed by atoms with E-state index in [1.54, 1.807) is 12.3 Å². The van der Waals surface area contributed by atoms with Gasteiger partial charge in [0.2, 0.25) is 0 Å². The minimum Gasteiger partial charge on any atom is -0.477 e. The first kappa shape index (κ1) is 51.6. The van der Waals surface area contributed by atoms with E-state index in [0.717, 1.165) is 48.3 Å². The number of aromatic carboxylic acids is 1. The minimum atomic E-state index is -1.06. The van der Waals surface area contributed by atoms with E-state index in [1.807, 2.05) is 48.5 Å². The summed E-state index contributed by atoms with van der Waals surface area (Å²) in [5.41, 5.74) is 5.34. The largest absolute Gasteiger partial charge is 0.477 e. The minimum absolute atomic E-state index is 0.0175. The number of alkyl carbamates (subject to hydrolysis) is 1. The molecule has 1 saturated carbocycles. The Morgan fingerprint density at radius 1 is 0.754 bits per heavy atom. The van der Waals surface area contributed by atoms with Gasteiger partial charge in [-0.05, 0) is 79.7 Å². The van der Waals surface area contributed by atoms with E-state index >= 15 is 0 Å². The highest BCUT2D eigenvalue weighted by atomic mass is 16.6. The van der Waals surface area contributed by atoms with Gasteiger partial charge in [-0.3, -0.25) is 19.6 Å². The molecule has 3 aliphatic rings. The van der Waals surface area contributed by atoms with Crippen LogP contribution in [-0.2, 0) is 52.5 Å². The Kier molecular flexibility index (Phi) is 21.3. The highest BCUT2D eigenvalue weighted by Gasteiger charge is 2.50. The van der Waals surface area contributed by atoms with E-state index < -0.39 is 12.1 Å². The van der Waals surface area contributed by atoms with Gasteiger partial charge in [0.05, 0.1) is 108 Å². The van der Waals surface area contributed by atoms with Crippen LogP contribution in [0.15, 0.2) is 66.9 Å². The van der Waals surface area contributed by atoms with Gasteiger partial charge < -0.3 is 43.6 Å². The van der Waals surface area contributed by atoms with E-state index in [1.165, 1.54) is 6.07 Å². The normalized spacial score (nSPS) is 20.7. The summed E-state index contributed by atoms with van der Waals surface area (Å²) >= 11 is 0. The number of aryl methyl sites for hydroxylation is 2. The highest BCUT2D eigenvalue weighted by molar-refractivity contribution is 5.96. The zero-order valence-electron chi connectivity index (χ0n) is 39.6. The molecule has 2 fully saturated rings. The smallest absolute Gasteiger partial charge is 0.407 e. The van der Waals surface area contributed by atoms with Crippen molar-refractivity contribution in [3.05, 3.63) is 106 Å². The van der Waals surface area contributed by atoms with Crippen LogP contribution in [0.2, 0.25) is 0 Å². The number of hydrogen-bond donors (Lipinski definition) is 3. The Bertz CT molecular complexity index is 2100. The van der Waals surface area contributed by atoms with Gasteiger partial charge in [0, 0.05) is 64.1 Å². The van der Waals surface area contributed by atoms with Crippen molar-refractivity contribution in [2.24, 2.45) is 17.8 Å². The maximum absolute atomic E-state index is 13.2. The lowest BCUT2D eigenvalue weighted by Gasteiger charge is -2.32. The second-order valence-corrected chi connectivity index (χ2v) is 17.4. The molecular weight excluding hydrogens is 889 g/mol. The van der Waals surface area contributed by atoms with E-state index in [-0.39, 0.29) is 17.5 Å². The van der Waals surface area contributed by atoms with Crippen LogP contribution >= 0.6 is 0 Å². The zero-order chi connectivity index (χ0) is 47.9. The van der Waals surface area contributed by atoms with Gasteiger partial charge in [-0.2, -0.15) is 15.4 Å². The Balaban J connectivity index is 0.783. The Labute approximate surface area is 403 Å². The molecule has 2 unspecified atom stereocenters. The second kappa shape index (κ2) is 28.4. The van der Waals surface area contributed by atoms with Crippen molar-refractivity contribution >= 4 is 17.8 Å². The maximum atomic E-state index is 13.2. The van der Waals surface area contributed by atoms with Gasteiger partial charge in [0.1, 0.15) is 5.69 Å². The maximum Gasteiger partial charge on any atom is 0.407 e. The number of hydrogen-bond acceptors (Lipinski definition) is 16. The molecule has 4 aromatic rings. The summed E-state index contributed by atoms with van der Waals surface area (Å²) in [6.07, 6.45) is 6.26. The van der Waals surface area contributed by atoms with E-state index in [4.69, 9.17) is 38.1 Å². The van der Waals surface area contributed by atoms with Crippen LogP contribution in [0, 0.1) is 17.8 Å². The summed E-state index contributed by atoms with van der Waals surface area (Å²) in [5.74, 6) is 0.575. The summed E-state index contributed by atoms with van der Waals surface area (Å²) in [6.45, 7) is 8.81. The number of aromatic amines is 1. The number of aromatic nitrogens is 5. The van der Waals surface area contributed by atoms with Crippen LogP contribution in [0.1, 0.15) is 80.9 Å². The number of benzene rings is 1. The third kappa shape index (κ3) is 17.0. The number of Topliss-reactive ketones (excluding diaryl/α,β-unsaturated/α-hetero) is 1. The quantitative estimate of drug-likeness (QED) is 0.0874. The number of carbonyl (C=O) groups excluding carboxylic acids is 2. The molecule has 1 aliphatic heterocycles. The molecule has 0 bridgehead atoms. The molecule has 0 radical (unpaired) electrons. The van der Waals surface area contributed by atoms with Crippen LogP contribution in [-0.4, -0.2) is 177 Å². The van der Waals surface area contributed by atoms with Gasteiger partial charge in [-0.1, -0.05) is 36.4 Å². The third-order valence-corrected chi connectivity index (χ3v) is 12.8. The molecule has 4 atom stereocenters. The predicted molar refractivity (Wildman–Crippen MR) is 252 cm³/mol. The molecule has 1 saturated heterocycles. The standard InChI is InChI=1S/C50H68N8O11/c59-47(8-4-23-63-29-30-64-24-18-52-50(62)69-36-42-40-13-15-43-44(55-56-54-43)16-14-41(40)42)37-9-11-38(12-10-37)48(45-6-1-2-17-51-45)58-21-27-67-33-31-65-25-19-57(20-26-66-32-34-68-28-22-58)35-39-5-3-7-46(53-39)49(60)61/h1-3,5-7,9-12,17,40-42,48H,4,8,13-16,18-36H2,(H,52,62)(H,60,61)(H,54,55,56)/t40-,41+,42?,48?. The fraction of sp³-hybridized carbons (Fsp3) is 0.580. The number of ether oxygens (including phenoxy) is 7. The van der Waals surface area contributed by atoms with E-state index in [9.17, 15) is 19.5 Å². The van der Waals surface area contributed by atoms with Crippen molar-refractivity contribution in [1.82, 2.24) is 40.5 Å². The summed E-state index contributed by atoms with van der Waals surface area (Å²) in [5, 5.41) is 23.4. The zero-order valence-corrected chi connectivity index (χ0v) is 39.6. The average molecular weight is 957 g/mol. The van der Waals surface area contributed by atoms with Gasteiger partial charge >= 0.3 is 12.1 Å². The molecule has 1 amide bonds. The van der Waals surface area contributed by atoms with Crippen molar-refractivity contribution < 1.29 is 52.6 Å². The predicted octanol–water partition coefficient (Wildman–Crippen LogP) is 4.43. The SMILES string of the molecule is O=C(NCCOCCOCCCC(=O)c1ccc(C(c2ccccn2)N2CCOCCOCCN(Cc3cccc(C(=O)O)n3)CCOCCOCC2)cc1)OCC1[C@H]2CCc3n[nH]nc3CC[C@@H]12. The van der Waals surface area contributed by atoms with E-state index in [2.05, 4.69) is 35.5 Å². The van der Waals surface area contributed by atoms with Gasteiger partial charge in [0.15, 0.2) is 5.78 Å². The number of carboxylic acids is 1. The first-order valence-electron chi connectivity index (χ1n) is 24.4. The lowest BCUT2D eigenvalue weighted by molar-refractivity contribution is 0.00332. The third-order valence-electron chi connectivity index (χ3n) is 12.8. The molecule has 0 spiro atoms. The number of H-pyrrole nitrogens is 1. The molecule has 374 valence electrons. The molecule has 19 heteroatoms. The van der Waals surface area contributed by atoms with Crippen molar-refractivity contribution in [2.45, 2.75) is 51.1 Å². The van der Waals surface area contributed by atoms with Crippen LogP contribution in [0.4, 0.5) is 4.79 Å². The number of ketones is 1. The summed E-state index contributed by atoms with van der Waals surface area (Å²) in [7, 11) is 0. The Morgan fingerprint density at radius 3 is 2.04 bits per heavy atom. The lowest BCUT2D eigenvalue weighted by atomic mass is 9.98. The molecule has 3 aromatic heterocycles. The number of pyridine rings is 2. The highest BCUT2D eigenvalue weighted by Crippen LogP contribution is 2.52. The monoisotopic (exact) mass is 957 g/mol. The molecule has 3 N–H and O–H groups in total. The fourth-order valence-corrected chi connectivity index (χ4v) is 9.07. The molecule has 2 aliphatic carbocycles. The first-order valence-corrected chi connectivity index (χ1v) is 24.4. The van der Waals surface area contributed by atoms with Crippen LogP contribution in [0.5, 0.6) is 0 Å². The van der Waals surface area contributed by atoms with Crippen molar-refractivity contribution in [2.75, 3.05) is 119 Å². The topological polar surface area (TPSA) is 222 Å². The van der Waals surface area contributed by atoms with Gasteiger partial charge in [-0.15, -0.1) is 0 Å². The Morgan fingerprint density at radius 2 is 1.41 bits per heavy atom. The van der Waals surface area contributed by atoms with Crippen molar-refractivity contribution in [1.29, 1.82) is 0 Å². The van der Waals surface area contributed by atoms with Crippen molar-refractivity contribution in [3.63, 3.8) is 0 Å². The van der Waals surface area contributed by atoms with Crippen LogP contribution in [0.25, 0.3) is 0 Å². The van der Waals surface area contributed by atoms with Gasteiger partial charge in [0.25, 0.3) is 0 Å². The summed E-state index contributed by atoms with van der Waals surface area (Å²) in [6, 6.07) is 18.5. The lowest BCUT2D eigenvalue weighted by Crippen LogP contribution is -2.36. The number of rotatable bonds is 19. The van der Waals surface area contributed by atoms with E-state index in [0.29, 0.717) is 167 Å². The summed E-state index contributed by atoms with van der Waals surface area (Å²) < 4.78 is 40.8. The molecule has 4 heterocycles. The van der Waals surface area contributed by atoms with Gasteiger partial charge in [-0.25, -0.2) is 14.6 Å². The van der Waals surface area contributed by atoms with Crippen molar-refractivity contribution in [3.8, 4) is 0 Å². The summed E-state index contributed by atoms with van der Waals surface area (Å²) in [4.78, 5) is 50.3. The fourth-order valence-electron chi connectivity index (χ4n) is 9.07. The Hall–Kier alpha value is -5.25. The molecule has 19 nitrogen and oxygen atoms in total. The average Bonchev–Trinajstić information content (AvgIpc) is 3.82. The number of carboxylic acid groups (broad SMARTS) is 1. The number of carbonyl (C=O) groups is 3. The molecular formula is C50H68N8O11. The number of nitrogens with one attached hydrogen (secondary N) is 2.